The molecule has 0 aromatic heterocycles. The fourth-order valence-electron chi connectivity index (χ4n) is 1.78. The quantitative estimate of drug-likeness (QED) is 0.566. The van der Waals surface area contributed by atoms with Gasteiger partial charge in [-0.2, -0.15) is 0 Å². The van der Waals surface area contributed by atoms with Gasteiger partial charge in [0.15, 0.2) is 0 Å². The van der Waals surface area contributed by atoms with Gasteiger partial charge in [-0.25, -0.2) is 0 Å². The number of nitrogens with two attached hydrogens (primary N) is 2. The maximum absolute atomic E-state index is 7.36. The number of hydrogen-bond acceptors (Lipinski definition) is 3. The van der Waals surface area contributed by atoms with Crippen molar-refractivity contribution in [3.63, 3.8) is 0 Å². The lowest BCUT2D eigenvalue weighted by atomic mass is 9.99. The normalized spacial score (nSPS) is 13.9. The van der Waals surface area contributed by atoms with Crippen molar-refractivity contribution in [3.05, 3.63) is 33.2 Å². The van der Waals surface area contributed by atoms with Crippen LogP contribution < -0.4 is 21.9 Å². The van der Waals surface area contributed by atoms with Crippen LogP contribution in [0.1, 0.15) is 23.6 Å². The van der Waals surface area contributed by atoms with Crippen molar-refractivity contribution < 1.29 is 0 Å². The molecule has 3 nitrogen and oxygen atoms in total. The van der Waals surface area contributed by atoms with Gasteiger partial charge >= 0.3 is 0 Å². The number of nitrogens with one attached hydrogen (secondary N) is 1. The third kappa shape index (κ3) is 1.86. The lowest BCUT2D eigenvalue weighted by Crippen LogP contribution is -2.34. The van der Waals surface area contributed by atoms with Crippen LogP contribution in [0.5, 0.6) is 0 Å². The summed E-state index contributed by atoms with van der Waals surface area (Å²) in [5, 5.41) is 9.23. The zero-order valence-corrected chi connectivity index (χ0v) is 9.39. The fraction of sp³-hybridized carbons (Fsp3) is 0.250. The van der Waals surface area contributed by atoms with E-state index in [0.717, 1.165) is 32.8 Å². The molecular formula is C12H17N3. The molecule has 1 aromatic carbocycles. The maximum Gasteiger partial charge on any atom is 0.0255 e. The minimum atomic E-state index is 0.745. The molecule has 1 rings (SSSR count). The first-order valence-electron chi connectivity index (χ1n) is 4.82. The van der Waals surface area contributed by atoms with Gasteiger partial charge in [0, 0.05) is 28.5 Å². The highest BCUT2D eigenvalue weighted by molar-refractivity contribution is 5.81. The minimum absolute atomic E-state index is 0.745. The Morgan fingerprint density at radius 1 is 1.40 bits per heavy atom. The molecular weight excluding hydrogens is 186 g/mol. The van der Waals surface area contributed by atoms with Gasteiger partial charge in [-0.1, -0.05) is 0 Å². The molecule has 0 aliphatic carbocycles. The van der Waals surface area contributed by atoms with Crippen molar-refractivity contribution in [2.24, 2.45) is 11.5 Å². The summed E-state index contributed by atoms with van der Waals surface area (Å²) in [6.07, 6.45) is 2.90. The van der Waals surface area contributed by atoms with E-state index in [4.69, 9.17) is 16.9 Å². The Labute approximate surface area is 89.6 Å². The van der Waals surface area contributed by atoms with Crippen molar-refractivity contribution in [2.75, 3.05) is 0 Å². The van der Waals surface area contributed by atoms with E-state index in [2.05, 4.69) is 0 Å². The maximum atomic E-state index is 7.36. The van der Waals surface area contributed by atoms with E-state index in [0.29, 0.717) is 0 Å². The molecule has 0 unspecified atom stereocenters. The molecule has 0 saturated heterocycles. The van der Waals surface area contributed by atoms with Crippen molar-refractivity contribution in [1.82, 2.24) is 0 Å². The second-order valence-electron chi connectivity index (χ2n) is 3.69. The molecule has 0 heterocycles. The summed E-state index contributed by atoms with van der Waals surface area (Å²) >= 11 is 0. The Bertz CT molecular complexity index is 509. The third-order valence-electron chi connectivity index (χ3n) is 2.62. The van der Waals surface area contributed by atoms with Gasteiger partial charge in [0.1, 0.15) is 0 Å². The molecule has 0 aliphatic rings. The van der Waals surface area contributed by atoms with E-state index < -0.39 is 0 Å². The zero-order valence-electron chi connectivity index (χ0n) is 9.39. The molecule has 5 N–H and O–H groups in total. The summed E-state index contributed by atoms with van der Waals surface area (Å²) in [5.74, 6) is 0. The minimum Gasteiger partial charge on any atom is -0.404 e. The number of aryl methyl sites for hydroxylation is 1. The largest absolute Gasteiger partial charge is 0.404 e. The van der Waals surface area contributed by atoms with Gasteiger partial charge in [0.25, 0.3) is 0 Å². The molecule has 1 aromatic rings. The molecule has 0 spiro atoms. The average molecular weight is 203 g/mol. The summed E-state index contributed by atoms with van der Waals surface area (Å²) in [4.78, 5) is 0. The predicted molar refractivity (Wildman–Crippen MR) is 65.0 cm³/mol. The summed E-state index contributed by atoms with van der Waals surface area (Å²) in [5.41, 5.74) is 15.1. The van der Waals surface area contributed by atoms with Crippen LogP contribution >= 0.6 is 0 Å². The highest BCUT2D eigenvalue weighted by Crippen LogP contribution is 2.04. The summed E-state index contributed by atoms with van der Waals surface area (Å²) in [7, 11) is 0. The van der Waals surface area contributed by atoms with Crippen LogP contribution in [0.2, 0.25) is 0 Å². The molecule has 15 heavy (non-hydrogen) atoms. The zero-order chi connectivity index (χ0) is 11.6. The van der Waals surface area contributed by atoms with E-state index in [9.17, 15) is 0 Å². The van der Waals surface area contributed by atoms with Gasteiger partial charge in [0.05, 0.1) is 0 Å². The monoisotopic (exact) mass is 203 g/mol. The first kappa shape index (κ1) is 11.3. The lowest BCUT2D eigenvalue weighted by molar-refractivity contribution is 1.26. The predicted octanol–water partition coefficient (Wildman–Crippen LogP) is 0.0846. The van der Waals surface area contributed by atoms with Crippen LogP contribution in [0.4, 0.5) is 0 Å². The standard InChI is InChI=1S/C12H17N3/c1-7-4-10(9(3)15)12(6-14)8(2)11(7)5-13/h4-6,13H,14-15H2,1-3H3/b10-9-,12-6-,13-5?. The molecule has 0 amide bonds. The molecule has 0 radical (unpaired) electrons. The van der Waals surface area contributed by atoms with E-state index in [1.807, 2.05) is 26.8 Å². The second kappa shape index (κ2) is 4.17. The first-order valence-corrected chi connectivity index (χ1v) is 4.82. The summed E-state index contributed by atoms with van der Waals surface area (Å²) < 4.78 is 0. The molecule has 3 heteroatoms. The van der Waals surface area contributed by atoms with Crippen LogP contribution in [0.3, 0.4) is 0 Å². The van der Waals surface area contributed by atoms with Gasteiger partial charge in [0.2, 0.25) is 0 Å². The molecule has 0 bridgehead atoms. The Hall–Kier alpha value is -1.77. The van der Waals surface area contributed by atoms with Crippen molar-refractivity contribution in [3.8, 4) is 0 Å². The number of rotatable bonds is 1. The van der Waals surface area contributed by atoms with Crippen molar-refractivity contribution in [2.45, 2.75) is 20.8 Å². The van der Waals surface area contributed by atoms with Crippen molar-refractivity contribution in [1.29, 1.82) is 5.41 Å². The average Bonchev–Trinajstić information content (AvgIpc) is 2.17. The lowest BCUT2D eigenvalue weighted by Gasteiger charge is -2.07. The van der Waals surface area contributed by atoms with Gasteiger partial charge < -0.3 is 16.9 Å². The van der Waals surface area contributed by atoms with E-state index in [-0.39, 0.29) is 0 Å². The highest BCUT2D eigenvalue weighted by Gasteiger charge is 2.03. The van der Waals surface area contributed by atoms with E-state index >= 15 is 0 Å². The Balaban J connectivity index is 3.94. The first-order chi connectivity index (χ1) is 7.02. The van der Waals surface area contributed by atoms with E-state index in [1.54, 1.807) is 6.20 Å². The Kier molecular flexibility index (Phi) is 3.14. The topological polar surface area (TPSA) is 75.9 Å². The number of hydrogen-bond donors (Lipinski definition) is 3. The van der Waals surface area contributed by atoms with Crippen LogP contribution in [0, 0.1) is 19.3 Å². The highest BCUT2D eigenvalue weighted by atomic mass is 14.6. The second-order valence-corrected chi connectivity index (χ2v) is 3.69. The molecule has 80 valence electrons. The van der Waals surface area contributed by atoms with Gasteiger partial charge in [-0.15, -0.1) is 0 Å². The molecule has 0 fully saturated rings. The molecule has 0 atom stereocenters. The molecule has 0 aliphatic heterocycles. The smallest absolute Gasteiger partial charge is 0.0255 e. The van der Waals surface area contributed by atoms with E-state index in [1.165, 1.54) is 6.21 Å². The SMILES string of the molecule is C/C(N)=c1\cc(C)c(C=N)c(C)\c1=C\N. The fourth-order valence-corrected chi connectivity index (χ4v) is 1.78. The third-order valence-corrected chi connectivity index (χ3v) is 2.62. The van der Waals surface area contributed by atoms with Crippen molar-refractivity contribution >= 4 is 18.1 Å². The van der Waals surface area contributed by atoms with Crippen LogP contribution in [-0.2, 0) is 0 Å². The number of benzene rings is 1. The molecule has 0 saturated carbocycles. The van der Waals surface area contributed by atoms with Gasteiger partial charge in [-0.3, -0.25) is 0 Å². The van der Waals surface area contributed by atoms with Crippen LogP contribution in [0.25, 0.3) is 11.9 Å². The summed E-state index contributed by atoms with van der Waals surface area (Å²) in [6.45, 7) is 5.78. The Morgan fingerprint density at radius 2 is 2.00 bits per heavy atom. The Morgan fingerprint density at radius 3 is 2.40 bits per heavy atom. The van der Waals surface area contributed by atoms with Crippen LogP contribution in [0.15, 0.2) is 6.07 Å². The summed E-state index contributed by atoms with van der Waals surface area (Å²) in [6, 6.07) is 1.97. The van der Waals surface area contributed by atoms with Gasteiger partial charge in [-0.05, 0) is 43.5 Å². The van der Waals surface area contributed by atoms with Crippen LogP contribution in [-0.4, -0.2) is 6.21 Å².